The molecule has 0 bridgehead atoms. The first-order valence-electron chi connectivity index (χ1n) is 8.04. The number of hydrogen-bond donors (Lipinski definition) is 0. The van der Waals surface area contributed by atoms with Crippen LogP contribution in [0.15, 0.2) is 42.5 Å². The number of benzene rings is 2. The zero-order valence-electron chi connectivity index (χ0n) is 12.9. The zero-order chi connectivity index (χ0) is 14.2. The maximum Gasteiger partial charge on any atom is 0.0239 e. The minimum absolute atomic E-state index is 1.08. The number of fused-ring (bicyclic) bond motifs is 1. The molecule has 2 rings (SSSR count). The summed E-state index contributed by atoms with van der Waals surface area (Å²) < 4.78 is 0. The lowest BCUT2D eigenvalue weighted by atomic mass is 10.0. The molecular weight excluding hydrogens is 242 g/mol. The van der Waals surface area contributed by atoms with Crippen LogP contribution in [0.25, 0.3) is 10.8 Å². The molecule has 2 aromatic rings. The van der Waals surface area contributed by atoms with Crippen molar-refractivity contribution < 1.29 is 0 Å². The Kier molecular flexibility index (Phi) is 6.07. The van der Waals surface area contributed by atoms with Gasteiger partial charge in [-0.15, -0.1) is 0 Å². The van der Waals surface area contributed by atoms with E-state index in [1.807, 2.05) is 0 Å². The molecule has 0 fully saturated rings. The highest BCUT2D eigenvalue weighted by atomic mass is 15.1. The fourth-order valence-corrected chi connectivity index (χ4v) is 2.70. The van der Waals surface area contributed by atoms with Crippen LogP contribution in [0.5, 0.6) is 0 Å². The number of hydrogen-bond acceptors (Lipinski definition) is 1. The average molecular weight is 269 g/mol. The van der Waals surface area contributed by atoms with Crippen LogP contribution < -0.4 is 0 Å². The minimum atomic E-state index is 1.08. The molecule has 0 aromatic heterocycles. The molecule has 0 unspecified atom stereocenters. The summed E-state index contributed by atoms with van der Waals surface area (Å²) in [7, 11) is 0. The predicted octanol–water partition coefficient (Wildman–Crippen LogP) is 5.24. The van der Waals surface area contributed by atoms with Crippen LogP contribution in [-0.4, -0.2) is 18.0 Å². The third kappa shape index (κ3) is 4.08. The lowest BCUT2D eigenvalue weighted by Gasteiger charge is -2.22. The van der Waals surface area contributed by atoms with E-state index in [9.17, 15) is 0 Å². The molecule has 0 saturated heterocycles. The van der Waals surface area contributed by atoms with Gasteiger partial charge in [-0.2, -0.15) is 0 Å². The highest BCUT2D eigenvalue weighted by molar-refractivity contribution is 5.85. The topological polar surface area (TPSA) is 3.24 Å². The predicted molar refractivity (Wildman–Crippen MR) is 89.0 cm³/mol. The Morgan fingerprint density at radius 2 is 1.45 bits per heavy atom. The molecule has 0 radical (unpaired) electrons. The van der Waals surface area contributed by atoms with Crippen LogP contribution in [-0.2, 0) is 6.54 Å². The normalized spacial score (nSPS) is 11.3. The molecule has 2 aromatic carbocycles. The lowest BCUT2D eigenvalue weighted by molar-refractivity contribution is 0.258. The van der Waals surface area contributed by atoms with Gasteiger partial charge in [0.1, 0.15) is 0 Å². The second-order valence-corrected chi connectivity index (χ2v) is 5.62. The summed E-state index contributed by atoms with van der Waals surface area (Å²) in [4.78, 5) is 2.62. The van der Waals surface area contributed by atoms with Crippen molar-refractivity contribution in [3.63, 3.8) is 0 Å². The molecule has 20 heavy (non-hydrogen) atoms. The van der Waals surface area contributed by atoms with E-state index in [1.54, 1.807) is 0 Å². The molecule has 0 spiro atoms. The third-order valence-electron chi connectivity index (χ3n) is 3.93. The molecule has 108 valence electrons. The van der Waals surface area contributed by atoms with E-state index in [2.05, 4.69) is 61.2 Å². The van der Waals surface area contributed by atoms with Crippen molar-refractivity contribution in [3.8, 4) is 0 Å². The van der Waals surface area contributed by atoms with Gasteiger partial charge in [0.25, 0.3) is 0 Å². The quantitative estimate of drug-likeness (QED) is 0.633. The Labute approximate surface area is 123 Å². The smallest absolute Gasteiger partial charge is 0.0239 e. The van der Waals surface area contributed by atoms with Gasteiger partial charge in [-0.25, -0.2) is 0 Å². The van der Waals surface area contributed by atoms with Gasteiger partial charge in [0.2, 0.25) is 0 Å². The highest BCUT2D eigenvalue weighted by Gasteiger charge is 2.07. The Balaban J connectivity index is 2.14. The molecule has 0 aliphatic rings. The van der Waals surface area contributed by atoms with E-state index in [0.717, 1.165) is 6.54 Å². The molecule has 1 nitrogen and oxygen atoms in total. The van der Waals surface area contributed by atoms with E-state index in [1.165, 1.54) is 55.1 Å². The fourth-order valence-electron chi connectivity index (χ4n) is 2.70. The summed E-state index contributed by atoms with van der Waals surface area (Å²) in [5.74, 6) is 0. The fraction of sp³-hybridized carbons (Fsp3) is 0.474. The van der Waals surface area contributed by atoms with Crippen LogP contribution in [0, 0.1) is 0 Å². The van der Waals surface area contributed by atoms with Gasteiger partial charge in [0.15, 0.2) is 0 Å². The summed E-state index contributed by atoms with van der Waals surface area (Å²) >= 11 is 0. The lowest BCUT2D eigenvalue weighted by Crippen LogP contribution is -2.25. The largest absolute Gasteiger partial charge is 0.299 e. The second-order valence-electron chi connectivity index (χ2n) is 5.62. The van der Waals surface area contributed by atoms with E-state index >= 15 is 0 Å². The van der Waals surface area contributed by atoms with Crippen molar-refractivity contribution in [2.45, 2.75) is 46.1 Å². The van der Waals surface area contributed by atoms with Gasteiger partial charge in [0.05, 0.1) is 0 Å². The summed E-state index contributed by atoms with van der Waals surface area (Å²) in [6.45, 7) is 8.08. The summed E-state index contributed by atoms with van der Waals surface area (Å²) in [5, 5.41) is 2.77. The van der Waals surface area contributed by atoms with Crippen LogP contribution in [0.4, 0.5) is 0 Å². The highest BCUT2D eigenvalue weighted by Crippen LogP contribution is 2.20. The second kappa shape index (κ2) is 8.06. The number of rotatable bonds is 8. The molecule has 1 heteroatoms. The Morgan fingerprint density at radius 1 is 0.800 bits per heavy atom. The first kappa shape index (κ1) is 15.1. The van der Waals surface area contributed by atoms with Gasteiger partial charge in [-0.1, -0.05) is 69.2 Å². The minimum Gasteiger partial charge on any atom is -0.299 e. The van der Waals surface area contributed by atoms with Crippen molar-refractivity contribution in [1.82, 2.24) is 4.90 Å². The van der Waals surface area contributed by atoms with Gasteiger partial charge < -0.3 is 0 Å². The molecule has 0 atom stereocenters. The van der Waals surface area contributed by atoms with E-state index < -0.39 is 0 Å². The summed E-state index contributed by atoms with van der Waals surface area (Å²) in [6, 6.07) is 15.4. The monoisotopic (exact) mass is 269 g/mol. The van der Waals surface area contributed by atoms with Gasteiger partial charge in [-0.05, 0) is 42.3 Å². The molecular formula is C19H27N. The first-order valence-corrected chi connectivity index (χ1v) is 8.04. The maximum absolute atomic E-state index is 2.62. The maximum atomic E-state index is 2.62. The first-order chi connectivity index (χ1) is 9.85. The Hall–Kier alpha value is -1.34. The van der Waals surface area contributed by atoms with Gasteiger partial charge in [-0.3, -0.25) is 4.90 Å². The average Bonchev–Trinajstić information content (AvgIpc) is 2.50. The van der Waals surface area contributed by atoms with Crippen molar-refractivity contribution >= 4 is 10.8 Å². The summed E-state index contributed by atoms with van der Waals surface area (Å²) in [6.07, 6.45) is 5.15. The van der Waals surface area contributed by atoms with E-state index in [-0.39, 0.29) is 0 Å². The SMILES string of the molecule is CCCCN(CCCC)Cc1cccc2ccccc12. The van der Waals surface area contributed by atoms with E-state index in [0.29, 0.717) is 0 Å². The van der Waals surface area contributed by atoms with Gasteiger partial charge in [0, 0.05) is 6.54 Å². The van der Waals surface area contributed by atoms with Crippen LogP contribution in [0.2, 0.25) is 0 Å². The molecule has 0 aliphatic heterocycles. The van der Waals surface area contributed by atoms with Gasteiger partial charge >= 0.3 is 0 Å². The van der Waals surface area contributed by atoms with Crippen molar-refractivity contribution in [2.24, 2.45) is 0 Å². The van der Waals surface area contributed by atoms with Crippen molar-refractivity contribution in [3.05, 3.63) is 48.0 Å². The summed E-state index contributed by atoms with van der Waals surface area (Å²) in [5.41, 5.74) is 1.47. The molecule has 0 aliphatic carbocycles. The number of unbranched alkanes of at least 4 members (excludes halogenated alkanes) is 2. The Morgan fingerprint density at radius 3 is 2.15 bits per heavy atom. The van der Waals surface area contributed by atoms with Crippen molar-refractivity contribution in [2.75, 3.05) is 13.1 Å². The molecule has 0 heterocycles. The molecule has 0 amide bonds. The van der Waals surface area contributed by atoms with Crippen LogP contribution in [0.1, 0.15) is 45.1 Å². The molecule has 0 N–H and O–H groups in total. The van der Waals surface area contributed by atoms with Crippen LogP contribution >= 0.6 is 0 Å². The third-order valence-corrected chi connectivity index (χ3v) is 3.93. The van der Waals surface area contributed by atoms with Crippen LogP contribution in [0.3, 0.4) is 0 Å². The molecule has 0 saturated carbocycles. The Bertz CT molecular complexity index is 505. The van der Waals surface area contributed by atoms with E-state index in [4.69, 9.17) is 0 Å². The standard InChI is InChI=1S/C19H27N/c1-3-5-14-20(15-6-4-2)16-18-12-9-11-17-10-7-8-13-19(17)18/h7-13H,3-6,14-16H2,1-2H3. The zero-order valence-corrected chi connectivity index (χ0v) is 12.9. The number of nitrogens with zero attached hydrogens (tertiary/aromatic N) is 1. The van der Waals surface area contributed by atoms with Crippen molar-refractivity contribution in [1.29, 1.82) is 0 Å².